The Morgan fingerprint density at radius 3 is 1.55 bits per heavy atom. The second-order valence-electron chi connectivity index (χ2n) is 21.0. The Morgan fingerprint density at radius 1 is 0.550 bits per heavy atom. The van der Waals surface area contributed by atoms with E-state index in [4.69, 9.17) is 55.3 Å². The van der Waals surface area contributed by atoms with Crippen LogP contribution in [0.2, 0.25) is 0 Å². The summed E-state index contributed by atoms with van der Waals surface area (Å²) in [6.45, 7) is 6.15. The number of halogens is 2. The number of carbonyl (C=O) groups is 2. The lowest BCUT2D eigenvalue weighted by molar-refractivity contribution is 0.0261. The van der Waals surface area contributed by atoms with Crippen molar-refractivity contribution < 1.29 is 78.9 Å². The number of benzene rings is 4. The van der Waals surface area contributed by atoms with E-state index < -0.39 is 75.1 Å². The number of ether oxygens (including phenoxy) is 5. The summed E-state index contributed by atoms with van der Waals surface area (Å²) in [5, 5.41) is 45.3. The van der Waals surface area contributed by atoms with Crippen LogP contribution >= 0.6 is 23.2 Å². The van der Waals surface area contributed by atoms with Crippen molar-refractivity contribution >= 4 is 55.6 Å². The zero-order valence-electron chi connectivity index (χ0n) is 44.0. The molecular formula is C55H68Cl2N4O17S2. The highest BCUT2D eigenvalue weighted by Gasteiger charge is 2.55. The number of nitrogens with one attached hydrogen (secondary N) is 2. The summed E-state index contributed by atoms with van der Waals surface area (Å²) >= 11 is 12.2. The van der Waals surface area contributed by atoms with Gasteiger partial charge in [-0.25, -0.2) is 9.59 Å². The van der Waals surface area contributed by atoms with Crippen LogP contribution in [0.1, 0.15) is 35.1 Å². The average molecular weight is 1190 g/mol. The number of aliphatic hydroxyl groups is 4. The molecule has 4 aromatic carbocycles. The number of amides is 2. The summed E-state index contributed by atoms with van der Waals surface area (Å²) in [5.41, 5.74) is 3.67. The van der Waals surface area contributed by atoms with E-state index >= 15 is 0 Å². The van der Waals surface area contributed by atoms with Gasteiger partial charge in [-0.1, -0.05) is 96.1 Å². The summed E-state index contributed by atoms with van der Waals surface area (Å²) in [6, 6.07) is 30.4. The Labute approximate surface area is 475 Å². The molecule has 0 aromatic heterocycles. The number of aliphatic hydroxyl groups excluding tert-OH is 4. The molecule has 4 aromatic rings. The number of aryl methyl sites for hydroxylation is 2. The molecule has 8 fully saturated rings. The van der Waals surface area contributed by atoms with E-state index in [0.29, 0.717) is 26.1 Å². The van der Waals surface area contributed by atoms with Crippen molar-refractivity contribution in [3.63, 3.8) is 0 Å². The molecule has 21 nitrogen and oxygen atoms in total. The van der Waals surface area contributed by atoms with Crippen LogP contribution < -0.4 is 10.6 Å². The van der Waals surface area contributed by atoms with Crippen LogP contribution in [-0.4, -0.2) is 195 Å². The van der Waals surface area contributed by atoms with Gasteiger partial charge in [0.05, 0.1) is 95.5 Å². The lowest BCUT2D eigenvalue weighted by atomic mass is 10.0. The summed E-state index contributed by atoms with van der Waals surface area (Å²) in [5.74, 6) is 0.191. The van der Waals surface area contributed by atoms with Gasteiger partial charge in [0, 0.05) is 25.6 Å². The largest absolute Gasteiger partial charge is 0.445 e. The lowest BCUT2D eigenvalue weighted by Gasteiger charge is -2.25. The summed E-state index contributed by atoms with van der Waals surface area (Å²) in [7, 11) is -7.88. The number of hydrogen-bond acceptors (Lipinski definition) is 19. The molecule has 6 N–H and O–H groups in total. The van der Waals surface area contributed by atoms with E-state index in [9.17, 15) is 46.9 Å². The molecule has 7 aliphatic heterocycles. The number of likely N-dealkylation sites (tertiary alicyclic amines) is 2. The minimum atomic E-state index is -4.06. The number of alkyl halides is 2. The van der Waals surface area contributed by atoms with E-state index in [2.05, 4.69) is 10.6 Å². The third kappa shape index (κ3) is 14.1. The molecule has 0 unspecified atom stereocenters. The fourth-order valence-electron chi connectivity index (χ4n) is 11.2. The van der Waals surface area contributed by atoms with Crippen molar-refractivity contribution in [2.24, 2.45) is 5.92 Å². The fourth-order valence-corrected chi connectivity index (χ4v) is 14.1. The first kappa shape index (κ1) is 60.1. The topological polar surface area (TPSA) is 278 Å². The first-order valence-corrected chi connectivity index (χ1v) is 30.2. The van der Waals surface area contributed by atoms with Gasteiger partial charge in [0.1, 0.15) is 43.7 Å². The zero-order valence-corrected chi connectivity index (χ0v) is 47.1. The monoisotopic (exact) mass is 1190 g/mol. The molecule has 80 heavy (non-hydrogen) atoms. The van der Waals surface area contributed by atoms with Crippen LogP contribution in [0.25, 0.3) is 0 Å². The Kier molecular flexibility index (Phi) is 19.8. The van der Waals surface area contributed by atoms with E-state index in [1.807, 2.05) is 74.5 Å². The minimum Gasteiger partial charge on any atom is -0.445 e. The quantitative estimate of drug-likeness (QED) is 0.0981. The number of fused-ring (bicyclic) bond motifs is 4. The average Bonchev–Trinajstić information content (AvgIpc) is 4.40. The van der Waals surface area contributed by atoms with Crippen LogP contribution in [0.4, 0.5) is 9.59 Å². The van der Waals surface area contributed by atoms with Crippen molar-refractivity contribution in [1.82, 2.24) is 20.4 Å². The zero-order chi connectivity index (χ0) is 56.9. The SMILES string of the molecule is Cc1ccc(S(=O)(=O)O[C@@H]2CN(C(=O)OCc3ccccc3)[C@H]3[C@@H]2OC[C@@H]3O)cc1.Cc1ccc(S(=O)(=O)O[C@@H]2CN[C@H]3[C@@H]2OC[C@@H]3O)cc1.O=C(OCc1ccccc1)N1C[C@H](Cl)[C@H]2CC[C@H](O)[C@H]21.O[C@H]1CO[C@H]2[C@@H]1NC[C@@H]2Cl. The molecule has 25 heteroatoms. The third-order valence-corrected chi connectivity index (χ3v) is 19.0. The molecule has 0 radical (unpaired) electrons. The Balaban J connectivity index is 0.000000136. The van der Waals surface area contributed by atoms with Gasteiger partial charge in [-0.3, -0.25) is 13.3 Å². The molecule has 8 aliphatic rings. The maximum absolute atomic E-state index is 12.7. The molecule has 12 rings (SSSR count). The number of hydrogen-bond donors (Lipinski definition) is 6. The first-order chi connectivity index (χ1) is 38.3. The highest BCUT2D eigenvalue weighted by molar-refractivity contribution is 7.87. The van der Waals surface area contributed by atoms with Gasteiger partial charge >= 0.3 is 12.2 Å². The molecule has 1 aliphatic carbocycles. The van der Waals surface area contributed by atoms with Crippen molar-refractivity contribution in [2.75, 3.05) is 46.0 Å². The summed E-state index contributed by atoms with van der Waals surface area (Å²) < 4.78 is 87.4. The maximum atomic E-state index is 12.7. The molecule has 7 saturated heterocycles. The maximum Gasteiger partial charge on any atom is 0.410 e. The lowest BCUT2D eigenvalue weighted by Crippen LogP contribution is -2.44. The molecule has 0 spiro atoms. The van der Waals surface area contributed by atoms with Crippen molar-refractivity contribution in [2.45, 2.75) is 140 Å². The van der Waals surface area contributed by atoms with Gasteiger partial charge in [0.25, 0.3) is 20.2 Å². The molecule has 2 amide bonds. The van der Waals surface area contributed by atoms with Crippen molar-refractivity contribution in [3.05, 3.63) is 131 Å². The number of nitrogens with zero attached hydrogens (tertiary/aromatic N) is 2. The van der Waals surface area contributed by atoms with Crippen LogP contribution in [0.5, 0.6) is 0 Å². The summed E-state index contributed by atoms with van der Waals surface area (Å²) in [4.78, 5) is 27.9. The van der Waals surface area contributed by atoms with Crippen molar-refractivity contribution in [1.29, 1.82) is 0 Å². The number of carbonyl (C=O) groups excluding carboxylic acids is 2. The normalized spacial score (nSPS) is 32.8. The Hall–Kier alpha value is -4.54. The van der Waals surface area contributed by atoms with Crippen LogP contribution in [0, 0.1) is 19.8 Å². The van der Waals surface area contributed by atoms with Gasteiger partial charge in [-0.15, -0.1) is 23.2 Å². The van der Waals surface area contributed by atoms with E-state index in [1.54, 1.807) is 29.2 Å². The first-order valence-electron chi connectivity index (χ1n) is 26.5. The molecule has 1 saturated carbocycles. The Bertz CT molecular complexity index is 2910. The predicted octanol–water partition coefficient (Wildman–Crippen LogP) is 3.36. The third-order valence-electron chi connectivity index (χ3n) is 15.4. The molecule has 7 heterocycles. The van der Waals surface area contributed by atoms with Gasteiger partial charge in [0.2, 0.25) is 0 Å². The van der Waals surface area contributed by atoms with E-state index in [1.165, 1.54) is 29.2 Å². The van der Waals surface area contributed by atoms with Gasteiger partial charge in [-0.05, 0) is 62.1 Å². The molecule has 0 bridgehead atoms. The second kappa shape index (κ2) is 26.4. The smallest absolute Gasteiger partial charge is 0.410 e. The standard InChI is InChI=1S/C21H23NO7S.C15H18ClNO3.C13H17NO5S.C6H10ClNO2/c1-14-7-9-16(10-8-14)30(25,26)29-18-11-22(19-17(23)13-27-20(18)19)21(24)28-12-15-5-3-2-4-6-15;16-12-8-17(14-11(12)6-7-13(14)18)15(19)20-9-10-4-2-1-3-5-10;1-8-2-4-9(5-3-8)20(16,17)19-11-6-14-12-10(15)7-18-13(11)12;7-3-1-8-5-4(9)2-10-6(3)5/h2-10,17-20,23H,11-13H2,1H3;1-5,11-14,18H,6-9H2;2-5,10-15H,6-7H2,1H3;3-6,8-9H,1-2H2/t17-,18+,19+,20+;11-,12+,13+,14+;10-,11+,12+,13+;3-,4-,5+,6+/m0100/s1. The number of rotatable bonds is 10. The van der Waals surface area contributed by atoms with Crippen LogP contribution in [0.3, 0.4) is 0 Å². The Morgan fingerprint density at radius 2 is 1.01 bits per heavy atom. The van der Waals surface area contributed by atoms with Crippen molar-refractivity contribution in [3.8, 4) is 0 Å². The van der Waals surface area contributed by atoms with Gasteiger partial charge < -0.3 is 59.6 Å². The highest BCUT2D eigenvalue weighted by Crippen LogP contribution is 2.41. The van der Waals surface area contributed by atoms with Gasteiger partial charge in [-0.2, -0.15) is 16.8 Å². The predicted molar refractivity (Wildman–Crippen MR) is 290 cm³/mol. The molecule has 16 atom stereocenters. The minimum absolute atomic E-state index is 0.0117. The second-order valence-corrected chi connectivity index (χ2v) is 25.2. The van der Waals surface area contributed by atoms with Crippen LogP contribution in [0.15, 0.2) is 119 Å². The summed E-state index contributed by atoms with van der Waals surface area (Å²) in [6.07, 6.45) is -4.57. The van der Waals surface area contributed by atoms with Crippen LogP contribution in [-0.2, 0) is 65.5 Å². The molecule has 436 valence electrons. The van der Waals surface area contributed by atoms with E-state index in [0.717, 1.165) is 35.2 Å². The fraction of sp³-hybridized carbons (Fsp3) is 0.527. The highest BCUT2D eigenvalue weighted by atomic mass is 35.5. The molecular weight excluding hydrogens is 1120 g/mol. The van der Waals surface area contributed by atoms with Gasteiger partial charge in [0.15, 0.2) is 0 Å². The van der Waals surface area contributed by atoms with E-state index in [-0.39, 0.29) is 95.9 Å².